The van der Waals surface area contributed by atoms with Gasteiger partial charge in [0.2, 0.25) is 0 Å². The first-order valence-corrected chi connectivity index (χ1v) is 8.45. The topological polar surface area (TPSA) is 55.4 Å². The van der Waals surface area contributed by atoms with E-state index in [1.54, 1.807) is 24.3 Å². The number of esters is 1. The lowest BCUT2D eigenvalue weighted by atomic mass is 10.1. The Labute approximate surface area is 151 Å². The Bertz CT molecular complexity index is 920. The summed E-state index contributed by atoms with van der Waals surface area (Å²) >= 11 is 0. The summed E-state index contributed by atoms with van der Waals surface area (Å²) in [5.41, 5.74) is 4.60. The van der Waals surface area contributed by atoms with Gasteiger partial charge in [0.15, 0.2) is 6.10 Å². The zero-order valence-corrected chi connectivity index (χ0v) is 14.0. The van der Waals surface area contributed by atoms with Crippen LogP contribution in [0.3, 0.4) is 0 Å². The van der Waals surface area contributed by atoms with E-state index in [4.69, 9.17) is 4.74 Å². The van der Waals surface area contributed by atoms with Crippen molar-refractivity contribution in [3.63, 3.8) is 0 Å². The number of carbonyl (C=O) groups excluding carboxylic acids is 2. The molecule has 0 unspecified atom stereocenters. The number of hydrogen-bond donors (Lipinski definition) is 1. The Morgan fingerprint density at radius 1 is 0.769 bits per heavy atom. The largest absolute Gasteiger partial charge is 0.451 e. The van der Waals surface area contributed by atoms with Gasteiger partial charge in [-0.2, -0.15) is 0 Å². The Kier molecular flexibility index (Phi) is 4.23. The Hall–Kier alpha value is -3.40. The number of ether oxygens (including phenoxy) is 1. The number of hydrogen-bond acceptors (Lipinski definition) is 3. The van der Waals surface area contributed by atoms with Crippen LogP contribution >= 0.6 is 0 Å². The van der Waals surface area contributed by atoms with Crippen molar-refractivity contribution in [1.29, 1.82) is 0 Å². The van der Waals surface area contributed by atoms with Gasteiger partial charge in [-0.3, -0.25) is 9.59 Å². The van der Waals surface area contributed by atoms with Crippen LogP contribution in [0.4, 0.5) is 0 Å². The van der Waals surface area contributed by atoms with Gasteiger partial charge in [-0.05, 0) is 23.3 Å². The third kappa shape index (κ3) is 2.97. The molecule has 1 amide bonds. The van der Waals surface area contributed by atoms with E-state index >= 15 is 0 Å². The Balaban J connectivity index is 1.47. The molecule has 4 heteroatoms. The molecule has 0 aliphatic heterocycles. The normalized spacial score (nSPS) is 12.2. The van der Waals surface area contributed by atoms with Crippen LogP contribution in [-0.4, -0.2) is 18.4 Å². The molecule has 0 saturated carbocycles. The molecule has 0 atom stereocenters. The molecule has 1 aliphatic rings. The van der Waals surface area contributed by atoms with Gasteiger partial charge in [0.25, 0.3) is 5.91 Å². The van der Waals surface area contributed by atoms with Crippen LogP contribution < -0.4 is 5.32 Å². The predicted octanol–water partition coefficient (Wildman–Crippen LogP) is 3.73. The summed E-state index contributed by atoms with van der Waals surface area (Å²) in [6.07, 6.45) is -0.441. The zero-order chi connectivity index (χ0) is 17.9. The van der Waals surface area contributed by atoms with E-state index < -0.39 is 12.1 Å². The molecule has 0 fully saturated rings. The molecule has 0 spiro atoms. The SMILES string of the molecule is O=C(CNC(=O)c1ccccc1)OC1c2ccccc2-c2ccccc21. The second-order valence-corrected chi connectivity index (χ2v) is 6.09. The first-order chi connectivity index (χ1) is 12.7. The smallest absolute Gasteiger partial charge is 0.326 e. The van der Waals surface area contributed by atoms with Crippen LogP contribution in [0.15, 0.2) is 78.9 Å². The molecule has 128 valence electrons. The average molecular weight is 343 g/mol. The fourth-order valence-corrected chi connectivity index (χ4v) is 3.25. The molecule has 26 heavy (non-hydrogen) atoms. The van der Waals surface area contributed by atoms with Crippen molar-refractivity contribution in [2.75, 3.05) is 6.54 Å². The highest BCUT2D eigenvalue weighted by Gasteiger charge is 2.30. The summed E-state index contributed by atoms with van der Waals surface area (Å²) < 4.78 is 5.70. The molecular weight excluding hydrogens is 326 g/mol. The van der Waals surface area contributed by atoms with Gasteiger partial charge < -0.3 is 10.1 Å². The molecule has 3 aromatic carbocycles. The van der Waals surface area contributed by atoms with Crippen LogP contribution in [0.25, 0.3) is 11.1 Å². The number of fused-ring (bicyclic) bond motifs is 3. The van der Waals surface area contributed by atoms with Crippen molar-refractivity contribution in [3.05, 3.63) is 95.6 Å². The lowest BCUT2D eigenvalue weighted by Gasteiger charge is -2.15. The minimum atomic E-state index is -0.467. The van der Waals surface area contributed by atoms with Gasteiger partial charge in [0.1, 0.15) is 6.54 Å². The van der Waals surface area contributed by atoms with Gasteiger partial charge in [-0.1, -0.05) is 66.7 Å². The standard InChI is InChI=1S/C22H17NO3/c24-20(14-23-22(25)15-8-2-1-3-9-15)26-21-18-12-6-4-10-16(18)17-11-5-7-13-19(17)21/h1-13,21H,14H2,(H,23,25). The molecule has 3 aromatic rings. The molecule has 4 rings (SSSR count). The fourth-order valence-electron chi connectivity index (χ4n) is 3.25. The van der Waals surface area contributed by atoms with E-state index in [9.17, 15) is 9.59 Å². The van der Waals surface area contributed by atoms with Gasteiger partial charge in [-0.15, -0.1) is 0 Å². The highest BCUT2D eigenvalue weighted by Crippen LogP contribution is 2.44. The zero-order valence-electron chi connectivity index (χ0n) is 14.0. The van der Waals surface area contributed by atoms with Gasteiger partial charge >= 0.3 is 5.97 Å². The van der Waals surface area contributed by atoms with Crippen molar-refractivity contribution >= 4 is 11.9 Å². The molecule has 0 radical (unpaired) electrons. The molecule has 1 N–H and O–H groups in total. The quantitative estimate of drug-likeness (QED) is 0.735. The maximum Gasteiger partial charge on any atom is 0.326 e. The molecule has 0 aromatic heterocycles. The lowest BCUT2D eigenvalue weighted by molar-refractivity contribution is -0.146. The second-order valence-electron chi connectivity index (χ2n) is 6.09. The lowest BCUT2D eigenvalue weighted by Crippen LogP contribution is -2.31. The maximum absolute atomic E-state index is 12.3. The van der Waals surface area contributed by atoms with Crippen LogP contribution in [0.2, 0.25) is 0 Å². The minimum absolute atomic E-state index is 0.172. The fraction of sp³-hybridized carbons (Fsp3) is 0.0909. The van der Waals surface area contributed by atoms with Crippen molar-refractivity contribution in [1.82, 2.24) is 5.32 Å². The van der Waals surface area contributed by atoms with Crippen molar-refractivity contribution < 1.29 is 14.3 Å². The Morgan fingerprint density at radius 3 is 1.92 bits per heavy atom. The maximum atomic E-state index is 12.3. The minimum Gasteiger partial charge on any atom is -0.451 e. The molecule has 0 saturated heterocycles. The molecular formula is C22H17NO3. The highest BCUT2D eigenvalue weighted by atomic mass is 16.5. The van der Waals surface area contributed by atoms with Crippen molar-refractivity contribution in [3.8, 4) is 11.1 Å². The number of nitrogens with one attached hydrogen (secondary N) is 1. The van der Waals surface area contributed by atoms with Gasteiger partial charge in [-0.25, -0.2) is 0 Å². The predicted molar refractivity (Wildman–Crippen MR) is 98.6 cm³/mol. The monoisotopic (exact) mass is 343 g/mol. The van der Waals surface area contributed by atoms with E-state index in [1.807, 2.05) is 54.6 Å². The summed E-state index contributed by atoms with van der Waals surface area (Å²) in [5, 5.41) is 2.61. The van der Waals surface area contributed by atoms with E-state index in [2.05, 4.69) is 5.32 Å². The summed E-state index contributed by atoms with van der Waals surface area (Å²) in [5.74, 6) is -0.763. The average Bonchev–Trinajstić information content (AvgIpc) is 3.01. The van der Waals surface area contributed by atoms with Crippen LogP contribution in [0.5, 0.6) is 0 Å². The van der Waals surface area contributed by atoms with Crippen molar-refractivity contribution in [2.24, 2.45) is 0 Å². The number of carbonyl (C=O) groups is 2. The Morgan fingerprint density at radius 2 is 1.31 bits per heavy atom. The highest BCUT2D eigenvalue weighted by molar-refractivity contribution is 5.96. The third-order valence-electron chi connectivity index (χ3n) is 4.46. The van der Waals surface area contributed by atoms with E-state index in [0.717, 1.165) is 22.3 Å². The first kappa shape index (κ1) is 16.1. The summed E-state index contributed by atoms with van der Waals surface area (Å²) in [6.45, 7) is -0.172. The summed E-state index contributed by atoms with van der Waals surface area (Å²) in [4.78, 5) is 24.4. The van der Waals surface area contributed by atoms with Crippen LogP contribution in [0.1, 0.15) is 27.6 Å². The second kappa shape index (κ2) is 6.84. The van der Waals surface area contributed by atoms with E-state index in [-0.39, 0.29) is 12.5 Å². The first-order valence-electron chi connectivity index (χ1n) is 8.45. The molecule has 0 bridgehead atoms. The van der Waals surface area contributed by atoms with E-state index in [0.29, 0.717) is 5.56 Å². The molecule has 1 aliphatic carbocycles. The van der Waals surface area contributed by atoms with Gasteiger partial charge in [0, 0.05) is 16.7 Å². The third-order valence-corrected chi connectivity index (χ3v) is 4.46. The summed E-state index contributed by atoms with van der Waals surface area (Å²) in [6, 6.07) is 24.6. The van der Waals surface area contributed by atoms with Crippen molar-refractivity contribution in [2.45, 2.75) is 6.10 Å². The summed E-state index contributed by atoms with van der Waals surface area (Å²) in [7, 11) is 0. The number of amides is 1. The molecule has 4 nitrogen and oxygen atoms in total. The van der Waals surface area contributed by atoms with Gasteiger partial charge in [0.05, 0.1) is 0 Å². The van der Waals surface area contributed by atoms with Crippen LogP contribution in [-0.2, 0) is 9.53 Å². The van der Waals surface area contributed by atoms with Crippen LogP contribution in [0, 0.1) is 0 Å². The van der Waals surface area contributed by atoms with E-state index in [1.165, 1.54) is 0 Å². The molecule has 0 heterocycles. The number of benzene rings is 3. The number of rotatable bonds is 4.